The number of rotatable bonds is 96. The Morgan fingerprint density at radius 3 is 1.02 bits per heavy atom. The number of nitro groups is 1. The van der Waals surface area contributed by atoms with Gasteiger partial charge in [-0.2, -0.15) is 0 Å². The zero-order chi connectivity index (χ0) is 94.8. The van der Waals surface area contributed by atoms with Crippen molar-refractivity contribution in [3.05, 3.63) is 64.2 Å². The van der Waals surface area contributed by atoms with Crippen molar-refractivity contribution in [2.24, 2.45) is 11.7 Å². The van der Waals surface area contributed by atoms with Crippen LogP contribution in [-0.2, 0) is 149 Å². The lowest BCUT2D eigenvalue weighted by molar-refractivity contribution is -0.384. The molecular formula is C85H147N9O37. The van der Waals surface area contributed by atoms with Crippen LogP contribution in [-0.4, -0.2) is 413 Å². The number of hydrogen-bond donors (Lipinski definition) is 9. The molecule has 0 saturated heterocycles. The molecule has 0 radical (unpaired) electrons. The van der Waals surface area contributed by atoms with Gasteiger partial charge in [0.25, 0.3) is 5.69 Å². The summed E-state index contributed by atoms with van der Waals surface area (Å²) in [6.07, 6.45) is -1.60. The maximum Gasteiger partial charge on any atom is 0.514 e. The maximum atomic E-state index is 13.7. The number of carbonyl (C=O) groups excluding carboxylic acids is 7. The third-order valence-electron chi connectivity index (χ3n) is 17.3. The van der Waals surface area contributed by atoms with E-state index in [1.807, 2.05) is 0 Å². The van der Waals surface area contributed by atoms with Crippen molar-refractivity contribution in [3.8, 4) is 5.75 Å². The number of anilines is 1. The molecule has 10 N–H and O–H groups in total. The summed E-state index contributed by atoms with van der Waals surface area (Å²) in [5.41, 5.74) is 5.82. The molecule has 2 aromatic rings. The van der Waals surface area contributed by atoms with E-state index in [9.17, 15) is 53.6 Å². The summed E-state index contributed by atoms with van der Waals surface area (Å²) in [6.45, 7) is 24.3. The lowest BCUT2D eigenvalue weighted by Gasteiger charge is -2.25. The van der Waals surface area contributed by atoms with Gasteiger partial charge in [0.15, 0.2) is 0 Å². The first-order valence-corrected chi connectivity index (χ1v) is 44.4. The molecule has 754 valence electrons. The Kier molecular flexibility index (Phi) is 80.6. The van der Waals surface area contributed by atoms with Crippen LogP contribution >= 0.6 is 0 Å². The molecule has 2 aromatic carbocycles. The standard InChI is InChI=1S/C85H147N9O37/c1-70(2)79(82(99)91-76(8-6-20-89-83(86)100)81(98)90-72-11-9-71(10-12-72)69-130-85(103)131-74-15-13-73(14-16-74)94(104)105)93-78(96)17-21-88-80(97)75(92-84(101)102)7-4-5-19-87-77(95)18-22-107-25-26-109-29-30-111-33-34-113-37-38-115-41-42-117-45-46-119-49-50-121-53-54-123-57-58-125-61-62-127-65-66-129-68-67-128-64-63-126-60-59-124-56-55-122-52-51-120-48-47-118-44-43-116-40-39-114-36-35-112-32-31-110-28-27-108-24-23-106-3/h9-16,70,75-76,79,92H,4-8,17-69H2,1-3H3,(H,87,95)(H,88,97)(H,90,98)(H,91,99)(H,93,96)(H,101,102)(H3,86,89,100)/t75-,76-,79-/m0/s1. The summed E-state index contributed by atoms with van der Waals surface area (Å²) < 4.78 is 142. The molecule has 46 heteroatoms. The Hall–Kier alpha value is -7.96. The average Bonchev–Trinajstić information content (AvgIpc) is 0.861. The molecule has 0 aromatic heterocycles. The van der Waals surface area contributed by atoms with Gasteiger partial charge in [-0.15, -0.1) is 0 Å². The van der Waals surface area contributed by atoms with Crippen molar-refractivity contribution in [1.29, 1.82) is 0 Å². The zero-order valence-electron chi connectivity index (χ0n) is 76.6. The van der Waals surface area contributed by atoms with E-state index in [0.717, 1.165) is 0 Å². The third-order valence-corrected chi connectivity index (χ3v) is 17.3. The van der Waals surface area contributed by atoms with Crippen molar-refractivity contribution < 1.29 is 172 Å². The molecule has 0 aliphatic heterocycles. The van der Waals surface area contributed by atoms with Crippen molar-refractivity contribution in [1.82, 2.24) is 31.9 Å². The lowest BCUT2D eigenvalue weighted by Crippen LogP contribution is -2.55. The fraction of sp³-hybridized carbons (Fsp3) is 0.765. The number of amides is 8. The number of methoxy groups -OCH3 is 1. The van der Waals surface area contributed by atoms with E-state index in [-0.39, 0.29) is 88.9 Å². The fourth-order valence-electron chi connectivity index (χ4n) is 10.5. The number of urea groups is 1. The zero-order valence-corrected chi connectivity index (χ0v) is 76.6. The minimum atomic E-state index is -1.44. The first-order valence-electron chi connectivity index (χ1n) is 44.4. The van der Waals surface area contributed by atoms with Crippen molar-refractivity contribution in [3.63, 3.8) is 0 Å². The van der Waals surface area contributed by atoms with Gasteiger partial charge < -0.3 is 171 Å². The lowest BCUT2D eigenvalue weighted by atomic mass is 10.0. The van der Waals surface area contributed by atoms with Crippen LogP contribution in [0.15, 0.2) is 48.5 Å². The van der Waals surface area contributed by atoms with Gasteiger partial charge in [0.2, 0.25) is 29.5 Å². The first kappa shape index (κ1) is 119. The highest BCUT2D eigenvalue weighted by Gasteiger charge is 2.30. The second-order valence-corrected chi connectivity index (χ2v) is 28.1. The minimum Gasteiger partial charge on any atom is -0.465 e. The second-order valence-electron chi connectivity index (χ2n) is 28.1. The van der Waals surface area contributed by atoms with E-state index in [4.69, 9.17) is 129 Å². The van der Waals surface area contributed by atoms with E-state index >= 15 is 0 Å². The van der Waals surface area contributed by atoms with Gasteiger partial charge in [-0.1, -0.05) is 26.0 Å². The number of nitro benzene ring substituents is 1. The number of nitrogens with zero attached hydrogens (tertiary/aromatic N) is 1. The van der Waals surface area contributed by atoms with E-state index in [0.29, 0.717) is 321 Å². The predicted molar refractivity (Wildman–Crippen MR) is 469 cm³/mol. The molecule has 2 rings (SSSR count). The highest BCUT2D eigenvalue weighted by atomic mass is 16.7. The number of carbonyl (C=O) groups is 8. The number of primary amides is 1. The Morgan fingerprint density at radius 2 is 0.687 bits per heavy atom. The van der Waals surface area contributed by atoms with Gasteiger partial charge in [-0.05, 0) is 67.9 Å². The van der Waals surface area contributed by atoms with Crippen LogP contribution in [0.25, 0.3) is 0 Å². The molecule has 8 amide bonds. The molecule has 0 aliphatic rings. The summed E-state index contributed by atoms with van der Waals surface area (Å²) >= 11 is 0. The van der Waals surface area contributed by atoms with Gasteiger partial charge in [0, 0.05) is 57.4 Å². The maximum absolute atomic E-state index is 13.7. The number of nitrogens with one attached hydrogen (secondary N) is 7. The Morgan fingerprint density at radius 1 is 0.359 bits per heavy atom. The minimum absolute atomic E-state index is 0.0307. The van der Waals surface area contributed by atoms with Gasteiger partial charge >= 0.3 is 18.3 Å². The second kappa shape index (κ2) is 88.6. The summed E-state index contributed by atoms with van der Waals surface area (Å²) in [5.74, 6) is -3.38. The highest BCUT2D eigenvalue weighted by molar-refractivity contribution is 5.98. The van der Waals surface area contributed by atoms with Crippen LogP contribution in [0.4, 0.5) is 25.8 Å². The van der Waals surface area contributed by atoms with Crippen molar-refractivity contribution >= 4 is 59.2 Å². The molecule has 0 unspecified atom stereocenters. The fourth-order valence-corrected chi connectivity index (χ4v) is 10.5. The number of benzene rings is 2. The van der Waals surface area contributed by atoms with Gasteiger partial charge in [-0.3, -0.25) is 34.1 Å². The third kappa shape index (κ3) is 77.1. The van der Waals surface area contributed by atoms with Crippen molar-refractivity contribution in [2.75, 3.05) is 343 Å². The van der Waals surface area contributed by atoms with Gasteiger partial charge in [-0.25, -0.2) is 14.4 Å². The smallest absolute Gasteiger partial charge is 0.465 e. The number of ether oxygens (including phenoxy) is 26. The molecule has 0 bridgehead atoms. The summed E-state index contributed by atoms with van der Waals surface area (Å²) in [7, 11) is 1.64. The van der Waals surface area contributed by atoms with E-state index < -0.39 is 70.9 Å². The molecule has 0 heterocycles. The summed E-state index contributed by atoms with van der Waals surface area (Å²) in [5, 5.41) is 38.2. The quantitative estimate of drug-likeness (QED) is 0.0151. The van der Waals surface area contributed by atoms with Crippen LogP contribution in [0.1, 0.15) is 64.4 Å². The summed E-state index contributed by atoms with van der Waals surface area (Å²) in [6, 6.07) is 6.69. The number of hydrogen-bond acceptors (Lipinski definition) is 36. The van der Waals surface area contributed by atoms with Gasteiger partial charge in [0.1, 0.15) is 30.5 Å². The van der Waals surface area contributed by atoms with E-state index in [1.54, 1.807) is 33.1 Å². The van der Waals surface area contributed by atoms with Crippen LogP contribution in [0.5, 0.6) is 5.75 Å². The topological polar surface area (TPSA) is 550 Å². The first-order chi connectivity index (χ1) is 64.0. The number of nitrogens with two attached hydrogens (primary N) is 1. The van der Waals surface area contributed by atoms with Crippen molar-refractivity contribution in [2.45, 2.75) is 83.5 Å². The Labute approximate surface area is 767 Å². The average molecular weight is 1890 g/mol. The predicted octanol–water partition coefficient (Wildman–Crippen LogP) is 2.17. The van der Waals surface area contributed by atoms with Crippen LogP contribution in [0, 0.1) is 16.0 Å². The van der Waals surface area contributed by atoms with E-state index in [1.165, 1.54) is 36.4 Å². The van der Waals surface area contributed by atoms with E-state index in [2.05, 4.69) is 37.2 Å². The monoisotopic (exact) mass is 1890 g/mol. The molecule has 0 fully saturated rings. The number of carboxylic acid groups (broad SMARTS) is 1. The summed E-state index contributed by atoms with van der Waals surface area (Å²) in [4.78, 5) is 111. The normalized spacial score (nSPS) is 12.0. The molecular weight excluding hydrogens is 1740 g/mol. The van der Waals surface area contributed by atoms with Crippen LogP contribution < -0.4 is 47.7 Å². The number of non-ortho nitro benzene ring substituents is 1. The molecule has 3 atom stereocenters. The largest absolute Gasteiger partial charge is 0.514 e. The molecule has 0 spiro atoms. The Balaban J connectivity index is 1.30. The molecule has 0 saturated carbocycles. The SMILES string of the molecule is COCCOCCOCCOCCOCCOCCOCCOCCOCCOCCOCCOCCOCCOCCOCCOCCOCCOCCOCCOCCOCCOCCOCCOCCC(=O)NCCCC[C@H](NC(=O)O)C(=O)NCCC(=O)N[C@H](C(=O)N[C@@H](CCCNC(N)=O)C(=O)Nc1ccc(COC(=O)Oc2ccc([N+](=O)[O-])cc2)cc1)C(C)C. The van der Waals surface area contributed by atoms with Crippen LogP contribution in [0.2, 0.25) is 0 Å². The molecule has 0 aliphatic carbocycles. The highest BCUT2D eigenvalue weighted by Crippen LogP contribution is 2.19. The number of unbranched alkanes of at least 4 members (excludes halogenated alkanes) is 1. The molecule has 131 heavy (non-hydrogen) atoms. The molecule has 46 nitrogen and oxygen atoms in total. The van der Waals surface area contributed by atoms with Gasteiger partial charge in [0.05, 0.1) is 315 Å². The Bertz CT molecular complexity index is 3120. The van der Waals surface area contributed by atoms with Crippen LogP contribution in [0.3, 0.4) is 0 Å².